The summed E-state index contributed by atoms with van der Waals surface area (Å²) in [6, 6.07) is 6.87. The minimum Gasteiger partial charge on any atom is -0.312 e. The van der Waals surface area contributed by atoms with Crippen LogP contribution in [0.3, 0.4) is 0 Å². The third kappa shape index (κ3) is 3.40. The van der Waals surface area contributed by atoms with E-state index in [2.05, 4.69) is 25.0 Å². The lowest BCUT2D eigenvalue weighted by Crippen LogP contribution is -2.34. The standard InChI is InChI=1S/C17H22N6O2/c24-23(25)15-3-1-13(2-4-15)12-21-8-5-14(6-9-21)17-20-19-16-11-18-7-10-22(16)17/h1-4,14,18H,5-12H2. The minimum absolute atomic E-state index is 0.147. The molecule has 0 unspecified atom stereocenters. The monoisotopic (exact) mass is 342 g/mol. The van der Waals surface area contributed by atoms with Gasteiger partial charge < -0.3 is 9.88 Å². The van der Waals surface area contributed by atoms with Crippen molar-refractivity contribution in [3.8, 4) is 0 Å². The molecule has 8 nitrogen and oxygen atoms in total. The highest BCUT2D eigenvalue weighted by Crippen LogP contribution is 2.28. The summed E-state index contributed by atoms with van der Waals surface area (Å²) in [6.45, 7) is 5.63. The van der Waals surface area contributed by atoms with Crippen molar-refractivity contribution >= 4 is 5.69 Å². The second kappa shape index (κ2) is 6.89. The molecule has 1 fully saturated rings. The van der Waals surface area contributed by atoms with Gasteiger partial charge in [0, 0.05) is 37.7 Å². The summed E-state index contributed by atoms with van der Waals surface area (Å²) >= 11 is 0. The largest absolute Gasteiger partial charge is 0.312 e. The van der Waals surface area contributed by atoms with Crippen molar-refractivity contribution in [2.24, 2.45) is 0 Å². The lowest BCUT2D eigenvalue weighted by atomic mass is 9.95. The van der Waals surface area contributed by atoms with Crippen molar-refractivity contribution in [2.45, 2.75) is 38.4 Å². The number of nitrogens with one attached hydrogen (secondary N) is 1. The number of hydrogen-bond donors (Lipinski definition) is 1. The zero-order valence-electron chi connectivity index (χ0n) is 14.1. The highest BCUT2D eigenvalue weighted by Gasteiger charge is 2.27. The molecule has 2 aromatic rings. The number of fused-ring (bicyclic) bond motifs is 1. The average Bonchev–Trinajstić information content (AvgIpc) is 3.07. The smallest absolute Gasteiger partial charge is 0.269 e. The number of nitrogens with zero attached hydrogens (tertiary/aromatic N) is 5. The second-order valence-electron chi connectivity index (χ2n) is 6.78. The van der Waals surface area contributed by atoms with Crippen LogP contribution >= 0.6 is 0 Å². The van der Waals surface area contributed by atoms with E-state index in [0.29, 0.717) is 5.92 Å². The molecule has 1 aromatic heterocycles. The van der Waals surface area contributed by atoms with Crippen molar-refractivity contribution in [3.63, 3.8) is 0 Å². The number of aromatic nitrogens is 3. The number of likely N-dealkylation sites (tertiary alicyclic amines) is 1. The van der Waals surface area contributed by atoms with Gasteiger partial charge in [-0.3, -0.25) is 15.0 Å². The molecule has 0 bridgehead atoms. The molecule has 0 radical (unpaired) electrons. The van der Waals surface area contributed by atoms with Crippen molar-refractivity contribution < 1.29 is 4.92 Å². The van der Waals surface area contributed by atoms with Gasteiger partial charge in [-0.2, -0.15) is 0 Å². The van der Waals surface area contributed by atoms with Gasteiger partial charge in [-0.1, -0.05) is 12.1 Å². The van der Waals surface area contributed by atoms with Crippen LogP contribution in [0, 0.1) is 10.1 Å². The Balaban J connectivity index is 1.35. The first kappa shape index (κ1) is 16.2. The third-order valence-corrected chi connectivity index (χ3v) is 5.16. The zero-order chi connectivity index (χ0) is 17.2. The van der Waals surface area contributed by atoms with E-state index < -0.39 is 0 Å². The molecule has 1 saturated heterocycles. The Kier molecular flexibility index (Phi) is 4.46. The Morgan fingerprint density at radius 3 is 2.64 bits per heavy atom. The molecule has 0 atom stereocenters. The number of nitro benzene ring substituents is 1. The first-order valence-electron chi connectivity index (χ1n) is 8.79. The summed E-state index contributed by atoms with van der Waals surface area (Å²) in [5, 5.41) is 22.8. The predicted octanol–water partition coefficient (Wildman–Crippen LogP) is 1.67. The van der Waals surface area contributed by atoms with Gasteiger partial charge in [0.05, 0.1) is 11.5 Å². The Bertz CT molecular complexity index is 749. The van der Waals surface area contributed by atoms with Crippen LogP contribution in [-0.2, 0) is 19.6 Å². The van der Waals surface area contributed by atoms with Crippen LogP contribution in [0.5, 0.6) is 0 Å². The van der Waals surface area contributed by atoms with Gasteiger partial charge in [0.1, 0.15) is 11.6 Å². The zero-order valence-corrected chi connectivity index (χ0v) is 14.1. The summed E-state index contributed by atoms with van der Waals surface area (Å²) in [5.74, 6) is 2.67. The second-order valence-corrected chi connectivity index (χ2v) is 6.78. The Labute approximate surface area is 146 Å². The number of non-ortho nitro benzene ring substituents is 1. The Morgan fingerprint density at radius 2 is 1.92 bits per heavy atom. The molecule has 25 heavy (non-hydrogen) atoms. The van der Waals surface area contributed by atoms with E-state index in [1.54, 1.807) is 12.1 Å². The number of nitro groups is 1. The molecule has 8 heteroatoms. The molecule has 1 aromatic carbocycles. The highest BCUT2D eigenvalue weighted by atomic mass is 16.6. The van der Waals surface area contributed by atoms with Crippen LogP contribution in [-0.4, -0.2) is 44.2 Å². The Morgan fingerprint density at radius 1 is 1.16 bits per heavy atom. The maximum Gasteiger partial charge on any atom is 0.269 e. The first-order valence-corrected chi connectivity index (χ1v) is 8.79. The van der Waals surface area contributed by atoms with Gasteiger partial charge in [0.15, 0.2) is 0 Å². The molecule has 2 aliphatic heterocycles. The summed E-state index contributed by atoms with van der Waals surface area (Å²) in [4.78, 5) is 12.8. The summed E-state index contributed by atoms with van der Waals surface area (Å²) in [7, 11) is 0. The first-order chi connectivity index (χ1) is 12.2. The molecule has 3 heterocycles. The third-order valence-electron chi connectivity index (χ3n) is 5.16. The van der Waals surface area contributed by atoms with Gasteiger partial charge in [-0.15, -0.1) is 10.2 Å². The molecule has 0 aliphatic carbocycles. The molecule has 0 spiro atoms. The van der Waals surface area contributed by atoms with Gasteiger partial charge >= 0.3 is 0 Å². The van der Waals surface area contributed by atoms with E-state index in [1.807, 2.05) is 12.1 Å². The lowest BCUT2D eigenvalue weighted by Gasteiger charge is -2.32. The van der Waals surface area contributed by atoms with Crippen molar-refractivity contribution in [3.05, 3.63) is 51.6 Å². The fraction of sp³-hybridized carbons (Fsp3) is 0.529. The van der Waals surface area contributed by atoms with Crippen LogP contribution in [0.15, 0.2) is 24.3 Å². The molecule has 0 saturated carbocycles. The summed E-state index contributed by atoms with van der Waals surface area (Å²) in [6.07, 6.45) is 2.16. The molecule has 1 N–H and O–H groups in total. The molecule has 132 valence electrons. The van der Waals surface area contributed by atoms with Gasteiger partial charge in [-0.25, -0.2) is 0 Å². The van der Waals surface area contributed by atoms with E-state index >= 15 is 0 Å². The highest BCUT2D eigenvalue weighted by molar-refractivity contribution is 5.32. The number of rotatable bonds is 4. The van der Waals surface area contributed by atoms with Crippen molar-refractivity contribution in [2.75, 3.05) is 19.6 Å². The number of piperidine rings is 1. The van der Waals surface area contributed by atoms with E-state index in [0.717, 1.165) is 69.3 Å². The topological polar surface area (TPSA) is 89.1 Å². The summed E-state index contributed by atoms with van der Waals surface area (Å²) < 4.78 is 2.28. The Hall–Kier alpha value is -2.32. The van der Waals surface area contributed by atoms with Gasteiger partial charge in [-0.05, 0) is 31.5 Å². The van der Waals surface area contributed by atoms with Crippen LogP contribution in [0.25, 0.3) is 0 Å². The van der Waals surface area contributed by atoms with Crippen LogP contribution in [0.1, 0.15) is 36.0 Å². The molecular weight excluding hydrogens is 320 g/mol. The quantitative estimate of drug-likeness (QED) is 0.671. The normalized spacial score (nSPS) is 18.9. The van der Waals surface area contributed by atoms with Gasteiger partial charge in [0.25, 0.3) is 5.69 Å². The van der Waals surface area contributed by atoms with Crippen LogP contribution < -0.4 is 5.32 Å². The lowest BCUT2D eigenvalue weighted by molar-refractivity contribution is -0.384. The average molecular weight is 342 g/mol. The summed E-state index contributed by atoms with van der Waals surface area (Å²) in [5.41, 5.74) is 1.27. The number of benzene rings is 1. The molecule has 0 amide bonds. The van der Waals surface area contributed by atoms with E-state index in [4.69, 9.17) is 0 Å². The predicted molar refractivity (Wildman–Crippen MR) is 92.1 cm³/mol. The van der Waals surface area contributed by atoms with Crippen molar-refractivity contribution in [1.82, 2.24) is 25.0 Å². The number of hydrogen-bond acceptors (Lipinski definition) is 6. The van der Waals surface area contributed by atoms with Crippen LogP contribution in [0.2, 0.25) is 0 Å². The van der Waals surface area contributed by atoms with Crippen molar-refractivity contribution in [1.29, 1.82) is 0 Å². The molecule has 2 aliphatic rings. The maximum absolute atomic E-state index is 10.7. The minimum atomic E-state index is -0.357. The van der Waals surface area contributed by atoms with E-state index in [9.17, 15) is 10.1 Å². The maximum atomic E-state index is 10.7. The van der Waals surface area contributed by atoms with Gasteiger partial charge in [0.2, 0.25) is 0 Å². The van der Waals surface area contributed by atoms with E-state index in [-0.39, 0.29) is 10.6 Å². The fourth-order valence-electron chi connectivity index (χ4n) is 3.75. The molecule has 4 rings (SSSR count). The van der Waals surface area contributed by atoms with E-state index in [1.165, 1.54) is 0 Å². The van der Waals surface area contributed by atoms with Crippen LogP contribution in [0.4, 0.5) is 5.69 Å². The fourth-order valence-corrected chi connectivity index (χ4v) is 3.75. The SMILES string of the molecule is O=[N+]([O-])c1ccc(CN2CCC(c3nnc4n3CCNC4)CC2)cc1. The molecular formula is C17H22N6O2.